The van der Waals surface area contributed by atoms with Crippen LogP contribution in [0.2, 0.25) is 5.02 Å². The molecule has 0 radical (unpaired) electrons. The Labute approximate surface area is 173 Å². The third-order valence-electron chi connectivity index (χ3n) is 5.17. The predicted octanol–water partition coefficient (Wildman–Crippen LogP) is 4.80. The van der Waals surface area contributed by atoms with Crippen molar-refractivity contribution in [2.24, 2.45) is 0 Å². The van der Waals surface area contributed by atoms with Gasteiger partial charge in [-0.15, -0.1) is 11.3 Å². The maximum Gasteiger partial charge on any atom is 0.331 e. The van der Waals surface area contributed by atoms with Crippen molar-refractivity contribution >= 4 is 51.0 Å². The number of benzene rings is 1. The monoisotopic (exact) mass is 416 g/mol. The summed E-state index contributed by atoms with van der Waals surface area (Å²) in [7, 11) is 1.61. The van der Waals surface area contributed by atoms with E-state index in [4.69, 9.17) is 16.3 Å². The van der Waals surface area contributed by atoms with Gasteiger partial charge in [0.1, 0.15) is 5.54 Å². The molecule has 1 aromatic carbocycles. The number of ether oxygens (including phenoxy) is 1. The average molecular weight is 417 g/mol. The van der Waals surface area contributed by atoms with Gasteiger partial charge in [0.2, 0.25) is 0 Å². The fraction of sp³-hybridized carbons (Fsp3) is 0.381. The molecule has 1 aliphatic rings. The summed E-state index contributed by atoms with van der Waals surface area (Å²) in [5.74, 6) is -0.991. The Hall–Kier alpha value is -2.36. The van der Waals surface area contributed by atoms with Crippen molar-refractivity contribution in [3.8, 4) is 6.07 Å². The van der Waals surface area contributed by atoms with E-state index in [1.54, 1.807) is 13.1 Å². The zero-order valence-corrected chi connectivity index (χ0v) is 17.2. The van der Waals surface area contributed by atoms with E-state index in [0.29, 0.717) is 17.9 Å². The number of likely N-dealkylation sites (N-methyl/N-ethyl adjacent to an activating group) is 1. The van der Waals surface area contributed by atoms with E-state index in [2.05, 4.69) is 6.07 Å². The molecule has 1 saturated carbocycles. The lowest BCUT2D eigenvalue weighted by Gasteiger charge is -2.38. The van der Waals surface area contributed by atoms with Crippen LogP contribution in [0.1, 0.15) is 37.0 Å². The summed E-state index contributed by atoms with van der Waals surface area (Å²) < 4.78 is 6.11. The zero-order chi connectivity index (χ0) is 20.1. The molecule has 5 nitrogen and oxygen atoms in total. The van der Waals surface area contributed by atoms with Gasteiger partial charge in [-0.2, -0.15) is 5.26 Å². The lowest BCUT2D eigenvalue weighted by atomic mass is 9.81. The molecule has 1 fully saturated rings. The summed E-state index contributed by atoms with van der Waals surface area (Å²) in [6, 6.07) is 10.0. The SMILES string of the molecule is CN(C(=O)COC(=O)/C=C/c1sc2ccccc2c1Cl)C1(C#N)CCCCC1. The zero-order valence-electron chi connectivity index (χ0n) is 15.6. The molecule has 28 heavy (non-hydrogen) atoms. The highest BCUT2D eigenvalue weighted by molar-refractivity contribution is 7.20. The number of rotatable bonds is 5. The molecule has 1 aromatic heterocycles. The second-order valence-corrected chi connectivity index (χ2v) is 8.34. The molecule has 0 bridgehead atoms. The molecule has 7 heteroatoms. The first-order chi connectivity index (χ1) is 13.5. The van der Waals surface area contributed by atoms with Crippen LogP contribution in [0, 0.1) is 11.3 Å². The smallest absolute Gasteiger partial charge is 0.331 e. The standard InChI is InChI=1S/C21H21ClN2O3S/c1-24(21(14-23)11-5-2-6-12-21)18(25)13-27-19(26)10-9-17-20(22)15-7-3-4-8-16(15)28-17/h3-4,7-10H,2,5-6,11-13H2,1H3/b10-9+. The van der Waals surface area contributed by atoms with Gasteiger partial charge >= 0.3 is 5.97 Å². The van der Waals surface area contributed by atoms with Crippen molar-refractivity contribution in [3.05, 3.63) is 40.2 Å². The first-order valence-electron chi connectivity index (χ1n) is 9.17. The van der Waals surface area contributed by atoms with Crippen LogP contribution in [0.4, 0.5) is 0 Å². The van der Waals surface area contributed by atoms with Crippen LogP contribution >= 0.6 is 22.9 Å². The Bertz CT molecular complexity index is 954. The van der Waals surface area contributed by atoms with Crippen LogP contribution in [0.5, 0.6) is 0 Å². The van der Waals surface area contributed by atoms with E-state index in [0.717, 1.165) is 34.2 Å². The fourth-order valence-corrected chi connectivity index (χ4v) is 4.86. The maximum atomic E-state index is 12.4. The molecule has 0 atom stereocenters. The fourth-order valence-electron chi connectivity index (χ4n) is 3.46. The Morgan fingerprint density at radius 1 is 1.32 bits per heavy atom. The summed E-state index contributed by atoms with van der Waals surface area (Å²) in [5.41, 5.74) is -0.790. The number of esters is 1. The Morgan fingerprint density at radius 3 is 2.71 bits per heavy atom. The number of thiophene rings is 1. The lowest BCUT2D eigenvalue weighted by Crippen LogP contribution is -2.51. The molecule has 2 aromatic rings. The number of nitrogens with zero attached hydrogens (tertiary/aromatic N) is 2. The van der Waals surface area contributed by atoms with Gasteiger partial charge in [-0.25, -0.2) is 4.79 Å². The summed E-state index contributed by atoms with van der Waals surface area (Å²) in [6.07, 6.45) is 7.10. The number of hydrogen-bond acceptors (Lipinski definition) is 5. The molecular formula is C21H21ClN2O3S. The molecule has 0 N–H and O–H groups in total. The minimum atomic E-state index is -0.790. The van der Waals surface area contributed by atoms with Crippen molar-refractivity contribution in [2.75, 3.05) is 13.7 Å². The van der Waals surface area contributed by atoms with Gasteiger partial charge in [0, 0.05) is 28.1 Å². The summed E-state index contributed by atoms with van der Waals surface area (Å²) in [4.78, 5) is 26.6. The number of carbonyl (C=O) groups excluding carboxylic acids is 2. The van der Waals surface area contributed by atoms with Gasteiger partial charge in [0.05, 0.1) is 11.1 Å². The van der Waals surface area contributed by atoms with Crippen molar-refractivity contribution in [1.82, 2.24) is 4.90 Å². The summed E-state index contributed by atoms with van der Waals surface area (Å²) in [6.45, 7) is -0.386. The van der Waals surface area contributed by atoms with Gasteiger partial charge in [-0.1, -0.05) is 49.1 Å². The molecule has 0 unspecified atom stereocenters. The third-order valence-corrected chi connectivity index (χ3v) is 6.83. The average Bonchev–Trinajstić information content (AvgIpc) is 3.06. The van der Waals surface area contributed by atoms with Crippen LogP contribution in [0.15, 0.2) is 30.3 Å². The van der Waals surface area contributed by atoms with E-state index in [1.165, 1.54) is 22.3 Å². The van der Waals surface area contributed by atoms with Gasteiger partial charge in [-0.05, 0) is 25.0 Å². The van der Waals surface area contributed by atoms with Crippen LogP contribution in [0.3, 0.4) is 0 Å². The minimum absolute atomic E-state index is 0.370. The Kier molecular flexibility index (Phi) is 6.38. The molecule has 1 aliphatic carbocycles. The summed E-state index contributed by atoms with van der Waals surface area (Å²) >= 11 is 7.82. The van der Waals surface area contributed by atoms with Crippen molar-refractivity contribution in [1.29, 1.82) is 5.26 Å². The molecule has 0 saturated heterocycles. The molecular weight excluding hydrogens is 396 g/mol. The van der Waals surface area contributed by atoms with E-state index in [1.807, 2.05) is 24.3 Å². The Balaban J connectivity index is 1.59. The quantitative estimate of drug-likeness (QED) is 0.518. The summed E-state index contributed by atoms with van der Waals surface area (Å²) in [5, 5.41) is 11.1. The van der Waals surface area contributed by atoms with Crippen LogP contribution in [0.25, 0.3) is 16.2 Å². The first kappa shape index (κ1) is 20.4. The number of hydrogen-bond donors (Lipinski definition) is 0. The van der Waals surface area contributed by atoms with Crippen molar-refractivity contribution in [3.63, 3.8) is 0 Å². The van der Waals surface area contributed by atoms with E-state index in [9.17, 15) is 14.9 Å². The normalized spacial score (nSPS) is 16.0. The number of amides is 1. The second-order valence-electron chi connectivity index (χ2n) is 6.87. The molecule has 1 amide bonds. The van der Waals surface area contributed by atoms with Crippen molar-refractivity contribution < 1.29 is 14.3 Å². The van der Waals surface area contributed by atoms with Crippen LogP contribution in [-0.2, 0) is 14.3 Å². The highest BCUT2D eigenvalue weighted by Gasteiger charge is 2.38. The largest absolute Gasteiger partial charge is 0.452 e. The van der Waals surface area contributed by atoms with Crippen molar-refractivity contribution in [2.45, 2.75) is 37.6 Å². The number of nitriles is 1. The number of carbonyl (C=O) groups is 2. The lowest BCUT2D eigenvalue weighted by molar-refractivity contribution is -0.150. The van der Waals surface area contributed by atoms with Crippen LogP contribution in [-0.4, -0.2) is 36.0 Å². The predicted molar refractivity (Wildman–Crippen MR) is 111 cm³/mol. The highest BCUT2D eigenvalue weighted by Crippen LogP contribution is 2.36. The topological polar surface area (TPSA) is 70.4 Å². The number of halogens is 1. The van der Waals surface area contributed by atoms with Gasteiger partial charge in [-0.3, -0.25) is 4.79 Å². The third kappa shape index (κ3) is 4.21. The molecule has 3 rings (SSSR count). The highest BCUT2D eigenvalue weighted by atomic mass is 35.5. The van der Waals surface area contributed by atoms with E-state index in [-0.39, 0.29) is 12.5 Å². The van der Waals surface area contributed by atoms with Crippen LogP contribution < -0.4 is 0 Å². The molecule has 1 heterocycles. The molecule has 0 spiro atoms. The van der Waals surface area contributed by atoms with E-state index >= 15 is 0 Å². The van der Waals surface area contributed by atoms with Gasteiger partial charge in [0.15, 0.2) is 6.61 Å². The number of fused-ring (bicyclic) bond motifs is 1. The second kappa shape index (κ2) is 8.76. The van der Waals surface area contributed by atoms with Gasteiger partial charge < -0.3 is 9.64 Å². The van der Waals surface area contributed by atoms with Gasteiger partial charge in [0.25, 0.3) is 5.91 Å². The first-order valence-corrected chi connectivity index (χ1v) is 10.4. The maximum absolute atomic E-state index is 12.4. The van der Waals surface area contributed by atoms with E-state index < -0.39 is 11.5 Å². The minimum Gasteiger partial charge on any atom is -0.452 e. The Morgan fingerprint density at radius 2 is 2.04 bits per heavy atom. The molecule has 146 valence electrons. The molecule has 0 aliphatic heterocycles.